The smallest absolute Gasteiger partial charge is 0.328 e. The molecule has 4 rings (SSSR count). The largest absolute Gasteiger partial charge is 0.467 e. The molecule has 0 saturated carbocycles. The first kappa shape index (κ1) is 19.8. The van der Waals surface area contributed by atoms with Gasteiger partial charge in [0, 0.05) is 30.6 Å². The van der Waals surface area contributed by atoms with Gasteiger partial charge in [-0.3, -0.25) is 9.59 Å². The molecule has 0 unspecified atom stereocenters. The zero-order chi connectivity index (χ0) is 21.4. The molecule has 3 aromatic heterocycles. The molecule has 1 atom stereocenters. The SMILES string of the molecule is COC(=O)[C@H](Cc1c[nH]c2ccccc12)NC(=O)c1sc2ncn(C)c(=O)c2c1C. The number of methoxy groups -OCH3 is 1. The van der Waals surface area contributed by atoms with Crippen LogP contribution < -0.4 is 10.9 Å². The van der Waals surface area contributed by atoms with Gasteiger partial charge in [0.25, 0.3) is 11.5 Å². The van der Waals surface area contributed by atoms with Crippen molar-refractivity contribution in [3.63, 3.8) is 0 Å². The molecule has 9 heteroatoms. The molecule has 3 heterocycles. The summed E-state index contributed by atoms with van der Waals surface area (Å²) in [5, 5.41) is 4.17. The summed E-state index contributed by atoms with van der Waals surface area (Å²) in [6.07, 6.45) is 3.52. The number of aromatic nitrogens is 3. The second-order valence-electron chi connectivity index (χ2n) is 7.01. The van der Waals surface area contributed by atoms with E-state index in [9.17, 15) is 14.4 Å². The van der Waals surface area contributed by atoms with Crippen LogP contribution in [0.3, 0.4) is 0 Å². The minimum atomic E-state index is -0.873. The van der Waals surface area contributed by atoms with E-state index in [0.717, 1.165) is 27.8 Å². The van der Waals surface area contributed by atoms with Crippen molar-refractivity contribution in [3.8, 4) is 0 Å². The Morgan fingerprint density at radius 1 is 1.33 bits per heavy atom. The summed E-state index contributed by atoms with van der Waals surface area (Å²) in [6.45, 7) is 1.71. The van der Waals surface area contributed by atoms with Crippen molar-refractivity contribution in [2.45, 2.75) is 19.4 Å². The molecule has 0 aliphatic rings. The van der Waals surface area contributed by atoms with Crippen molar-refractivity contribution in [2.24, 2.45) is 7.05 Å². The summed E-state index contributed by atoms with van der Waals surface area (Å²) in [5.74, 6) is -0.978. The van der Waals surface area contributed by atoms with E-state index >= 15 is 0 Å². The second-order valence-corrected chi connectivity index (χ2v) is 8.01. The van der Waals surface area contributed by atoms with Gasteiger partial charge in [0.1, 0.15) is 10.9 Å². The maximum absolute atomic E-state index is 13.0. The molecule has 0 aliphatic carbocycles. The Hall–Kier alpha value is -3.46. The predicted octanol–water partition coefficient (Wildman–Crippen LogP) is 2.30. The highest BCUT2D eigenvalue weighted by atomic mass is 32.1. The highest BCUT2D eigenvalue weighted by molar-refractivity contribution is 7.20. The summed E-state index contributed by atoms with van der Waals surface area (Å²) in [4.78, 5) is 46.1. The standard InChI is InChI=1S/C21H20N4O4S/c1-11-16-19(23-10-25(2)20(16)27)30-17(11)18(26)24-15(21(28)29-3)8-12-9-22-14-7-5-4-6-13(12)14/h4-7,9-10,15,22H,8H2,1-3H3,(H,24,26)/t15-/m0/s1. The van der Waals surface area contributed by atoms with Crippen molar-refractivity contribution >= 4 is 44.3 Å². The number of H-pyrrole nitrogens is 1. The maximum Gasteiger partial charge on any atom is 0.328 e. The van der Waals surface area contributed by atoms with Crippen LogP contribution in [0.1, 0.15) is 20.8 Å². The Labute approximate surface area is 175 Å². The minimum absolute atomic E-state index is 0.212. The van der Waals surface area contributed by atoms with Gasteiger partial charge in [0.2, 0.25) is 0 Å². The molecule has 2 N–H and O–H groups in total. The number of aromatic amines is 1. The number of aryl methyl sites for hydroxylation is 2. The van der Waals surface area contributed by atoms with Gasteiger partial charge in [0.05, 0.1) is 23.7 Å². The minimum Gasteiger partial charge on any atom is -0.467 e. The Kier molecular flexibility index (Phi) is 5.13. The number of para-hydroxylation sites is 1. The molecular weight excluding hydrogens is 404 g/mol. The number of thiophene rings is 1. The lowest BCUT2D eigenvalue weighted by Gasteiger charge is -2.16. The van der Waals surface area contributed by atoms with E-state index in [1.54, 1.807) is 14.0 Å². The molecule has 154 valence electrons. The van der Waals surface area contributed by atoms with Crippen LogP contribution >= 0.6 is 11.3 Å². The third-order valence-electron chi connectivity index (χ3n) is 5.11. The normalized spacial score (nSPS) is 12.2. The lowest BCUT2D eigenvalue weighted by Crippen LogP contribution is -2.43. The average molecular weight is 424 g/mol. The summed E-state index contributed by atoms with van der Waals surface area (Å²) in [7, 11) is 2.90. The first-order valence-electron chi connectivity index (χ1n) is 9.29. The first-order valence-corrected chi connectivity index (χ1v) is 10.1. The lowest BCUT2D eigenvalue weighted by molar-refractivity contribution is -0.142. The lowest BCUT2D eigenvalue weighted by atomic mass is 10.0. The zero-order valence-electron chi connectivity index (χ0n) is 16.7. The number of rotatable bonds is 5. The highest BCUT2D eigenvalue weighted by Crippen LogP contribution is 2.27. The van der Waals surface area contributed by atoms with E-state index < -0.39 is 17.9 Å². The number of nitrogens with zero attached hydrogens (tertiary/aromatic N) is 2. The highest BCUT2D eigenvalue weighted by Gasteiger charge is 2.26. The Morgan fingerprint density at radius 3 is 2.87 bits per heavy atom. The number of nitrogens with one attached hydrogen (secondary N) is 2. The molecular formula is C21H20N4O4S. The van der Waals surface area contributed by atoms with Gasteiger partial charge in [-0.25, -0.2) is 9.78 Å². The molecule has 1 amide bonds. The number of fused-ring (bicyclic) bond motifs is 2. The van der Waals surface area contributed by atoms with Gasteiger partial charge in [-0.2, -0.15) is 0 Å². The third-order valence-corrected chi connectivity index (χ3v) is 6.31. The third kappa shape index (κ3) is 3.37. The van der Waals surface area contributed by atoms with Crippen LogP contribution in [0.25, 0.3) is 21.1 Å². The van der Waals surface area contributed by atoms with Crippen molar-refractivity contribution < 1.29 is 14.3 Å². The Morgan fingerprint density at radius 2 is 2.10 bits per heavy atom. The van der Waals surface area contributed by atoms with Gasteiger partial charge >= 0.3 is 5.97 Å². The molecule has 0 radical (unpaired) electrons. The summed E-state index contributed by atoms with van der Waals surface area (Å²) in [5.41, 5.74) is 2.18. The molecule has 0 bridgehead atoms. The molecule has 30 heavy (non-hydrogen) atoms. The van der Waals surface area contributed by atoms with E-state index in [0.29, 0.717) is 20.7 Å². The number of hydrogen-bond donors (Lipinski definition) is 2. The van der Waals surface area contributed by atoms with E-state index in [2.05, 4.69) is 15.3 Å². The maximum atomic E-state index is 13.0. The number of amides is 1. The number of benzene rings is 1. The monoisotopic (exact) mass is 424 g/mol. The van der Waals surface area contributed by atoms with Gasteiger partial charge in [-0.1, -0.05) is 18.2 Å². The van der Waals surface area contributed by atoms with Gasteiger partial charge in [-0.05, 0) is 24.1 Å². The molecule has 0 saturated heterocycles. The number of ether oxygens (including phenoxy) is 1. The topological polar surface area (TPSA) is 106 Å². The van der Waals surface area contributed by atoms with Crippen LogP contribution in [-0.2, 0) is 23.0 Å². The summed E-state index contributed by atoms with van der Waals surface area (Å²) >= 11 is 1.13. The quantitative estimate of drug-likeness (QED) is 0.478. The second kappa shape index (κ2) is 7.75. The molecule has 8 nitrogen and oxygen atoms in total. The van der Waals surface area contributed by atoms with E-state index in [-0.39, 0.29) is 12.0 Å². The van der Waals surface area contributed by atoms with Crippen LogP contribution in [0.2, 0.25) is 0 Å². The van der Waals surface area contributed by atoms with E-state index in [1.165, 1.54) is 18.0 Å². The Bertz CT molecular complexity index is 1330. The van der Waals surface area contributed by atoms with Crippen molar-refractivity contribution in [1.29, 1.82) is 0 Å². The fraction of sp³-hybridized carbons (Fsp3) is 0.238. The number of hydrogen-bond acceptors (Lipinski definition) is 6. The zero-order valence-corrected chi connectivity index (χ0v) is 17.5. The van der Waals surface area contributed by atoms with Gasteiger partial charge in [-0.15, -0.1) is 11.3 Å². The van der Waals surface area contributed by atoms with Crippen LogP contribution in [0.5, 0.6) is 0 Å². The molecule has 0 fully saturated rings. The first-order chi connectivity index (χ1) is 14.4. The molecule has 0 aliphatic heterocycles. The number of carbonyl (C=O) groups excluding carboxylic acids is 2. The predicted molar refractivity (Wildman–Crippen MR) is 115 cm³/mol. The van der Waals surface area contributed by atoms with Gasteiger partial charge in [0.15, 0.2) is 0 Å². The van der Waals surface area contributed by atoms with Crippen LogP contribution in [0, 0.1) is 6.92 Å². The number of esters is 1. The summed E-state index contributed by atoms with van der Waals surface area (Å²) < 4.78 is 6.28. The molecule has 0 spiro atoms. The Balaban J connectivity index is 1.65. The van der Waals surface area contributed by atoms with Gasteiger partial charge < -0.3 is 19.6 Å². The van der Waals surface area contributed by atoms with Crippen molar-refractivity contribution in [1.82, 2.24) is 19.9 Å². The van der Waals surface area contributed by atoms with E-state index in [4.69, 9.17) is 4.74 Å². The van der Waals surface area contributed by atoms with Crippen LogP contribution in [0.4, 0.5) is 0 Å². The number of carbonyl (C=O) groups is 2. The fourth-order valence-electron chi connectivity index (χ4n) is 3.51. The van der Waals surface area contributed by atoms with Crippen LogP contribution in [-0.4, -0.2) is 39.6 Å². The van der Waals surface area contributed by atoms with Crippen molar-refractivity contribution in [2.75, 3.05) is 7.11 Å². The van der Waals surface area contributed by atoms with Crippen LogP contribution in [0.15, 0.2) is 41.6 Å². The summed E-state index contributed by atoms with van der Waals surface area (Å²) in [6, 6.07) is 6.86. The molecule has 1 aromatic carbocycles. The van der Waals surface area contributed by atoms with Crippen molar-refractivity contribution in [3.05, 3.63) is 63.1 Å². The fourth-order valence-corrected chi connectivity index (χ4v) is 4.55. The molecule has 4 aromatic rings. The average Bonchev–Trinajstić information content (AvgIpc) is 3.31. The van der Waals surface area contributed by atoms with E-state index in [1.807, 2.05) is 30.5 Å².